The molecule has 82 valence electrons. The van der Waals surface area contributed by atoms with Crippen molar-refractivity contribution in [2.45, 2.75) is 26.7 Å². The molecule has 1 unspecified atom stereocenters. The molecule has 1 aromatic rings. The van der Waals surface area contributed by atoms with Gasteiger partial charge in [0.15, 0.2) is 0 Å². The van der Waals surface area contributed by atoms with Gasteiger partial charge in [0.1, 0.15) is 5.78 Å². The van der Waals surface area contributed by atoms with Crippen LogP contribution >= 0.6 is 27.5 Å². The van der Waals surface area contributed by atoms with Gasteiger partial charge in [0.25, 0.3) is 0 Å². The predicted octanol–water partition coefficient (Wildman–Crippen LogP) is 4.26. The SMILES string of the molecule is CCC(C)C(=O)Cc1ccc(Br)cc1Cl. The monoisotopic (exact) mass is 288 g/mol. The molecular weight excluding hydrogens is 275 g/mol. The zero-order valence-electron chi connectivity index (χ0n) is 8.89. The summed E-state index contributed by atoms with van der Waals surface area (Å²) in [5, 5.41) is 0.654. The lowest BCUT2D eigenvalue weighted by molar-refractivity contribution is -0.121. The van der Waals surface area contributed by atoms with E-state index in [9.17, 15) is 4.79 Å². The summed E-state index contributed by atoms with van der Waals surface area (Å²) in [5.41, 5.74) is 0.908. The van der Waals surface area contributed by atoms with E-state index in [1.54, 1.807) is 0 Å². The third-order valence-corrected chi connectivity index (χ3v) is 3.39. The second kappa shape index (κ2) is 5.66. The molecule has 0 spiro atoms. The Labute approximate surface area is 104 Å². The highest BCUT2D eigenvalue weighted by atomic mass is 79.9. The number of ketones is 1. The average Bonchev–Trinajstić information content (AvgIpc) is 2.20. The van der Waals surface area contributed by atoms with E-state index in [0.29, 0.717) is 11.4 Å². The van der Waals surface area contributed by atoms with Gasteiger partial charge in [-0.2, -0.15) is 0 Å². The Hall–Kier alpha value is -0.340. The Morgan fingerprint density at radius 2 is 2.20 bits per heavy atom. The van der Waals surface area contributed by atoms with Crippen molar-refractivity contribution >= 4 is 33.3 Å². The highest BCUT2D eigenvalue weighted by molar-refractivity contribution is 9.10. The number of hydrogen-bond acceptors (Lipinski definition) is 1. The van der Waals surface area contributed by atoms with Crippen LogP contribution in [0.15, 0.2) is 22.7 Å². The molecule has 0 saturated heterocycles. The topological polar surface area (TPSA) is 17.1 Å². The second-order valence-electron chi connectivity index (χ2n) is 3.69. The molecule has 1 atom stereocenters. The van der Waals surface area contributed by atoms with E-state index in [4.69, 9.17) is 11.6 Å². The second-order valence-corrected chi connectivity index (χ2v) is 5.01. The summed E-state index contributed by atoms with van der Waals surface area (Å²) in [6.07, 6.45) is 1.31. The largest absolute Gasteiger partial charge is 0.299 e. The minimum atomic E-state index is 0.115. The minimum Gasteiger partial charge on any atom is -0.299 e. The lowest BCUT2D eigenvalue weighted by Crippen LogP contribution is -2.12. The lowest BCUT2D eigenvalue weighted by atomic mass is 9.97. The van der Waals surface area contributed by atoms with Gasteiger partial charge >= 0.3 is 0 Å². The van der Waals surface area contributed by atoms with E-state index in [-0.39, 0.29) is 11.7 Å². The van der Waals surface area contributed by atoms with Crippen LogP contribution in [0.5, 0.6) is 0 Å². The summed E-state index contributed by atoms with van der Waals surface area (Å²) < 4.78 is 0.937. The summed E-state index contributed by atoms with van der Waals surface area (Å²) in [6, 6.07) is 5.62. The molecule has 0 bridgehead atoms. The Morgan fingerprint density at radius 3 is 2.73 bits per heavy atom. The van der Waals surface area contributed by atoms with Crippen molar-refractivity contribution in [3.8, 4) is 0 Å². The summed E-state index contributed by atoms with van der Waals surface area (Å²) in [5.74, 6) is 0.367. The van der Waals surface area contributed by atoms with Crippen LogP contribution < -0.4 is 0 Å². The number of Topliss-reactive ketones (excluding diaryl/α,β-unsaturated/α-hetero) is 1. The number of hydrogen-bond donors (Lipinski definition) is 0. The van der Waals surface area contributed by atoms with E-state index in [1.807, 2.05) is 32.0 Å². The van der Waals surface area contributed by atoms with Gasteiger partial charge in [-0.05, 0) is 24.1 Å². The van der Waals surface area contributed by atoms with Gasteiger partial charge in [-0.3, -0.25) is 4.79 Å². The van der Waals surface area contributed by atoms with Crippen LogP contribution in [0.25, 0.3) is 0 Å². The number of carbonyl (C=O) groups is 1. The van der Waals surface area contributed by atoms with Crippen molar-refractivity contribution in [3.63, 3.8) is 0 Å². The van der Waals surface area contributed by atoms with Gasteiger partial charge in [0.05, 0.1) is 0 Å². The number of rotatable bonds is 4. The van der Waals surface area contributed by atoms with Crippen molar-refractivity contribution in [1.82, 2.24) is 0 Å². The average molecular weight is 290 g/mol. The summed E-state index contributed by atoms with van der Waals surface area (Å²) in [7, 11) is 0. The molecule has 0 heterocycles. The fraction of sp³-hybridized carbons (Fsp3) is 0.417. The molecule has 0 aromatic heterocycles. The Balaban J connectivity index is 2.77. The van der Waals surface area contributed by atoms with E-state index >= 15 is 0 Å². The first kappa shape index (κ1) is 12.7. The van der Waals surface area contributed by atoms with Crippen LogP contribution in [0.2, 0.25) is 5.02 Å². The molecule has 0 aliphatic heterocycles. The maximum absolute atomic E-state index is 11.7. The lowest BCUT2D eigenvalue weighted by Gasteiger charge is -2.08. The quantitative estimate of drug-likeness (QED) is 0.809. The third-order valence-electron chi connectivity index (χ3n) is 2.54. The van der Waals surface area contributed by atoms with Crippen molar-refractivity contribution in [3.05, 3.63) is 33.3 Å². The first-order valence-electron chi connectivity index (χ1n) is 5.01. The van der Waals surface area contributed by atoms with Crippen molar-refractivity contribution in [1.29, 1.82) is 0 Å². The van der Waals surface area contributed by atoms with E-state index in [1.165, 1.54) is 0 Å². The smallest absolute Gasteiger partial charge is 0.140 e. The molecular formula is C12H14BrClO. The fourth-order valence-electron chi connectivity index (χ4n) is 1.25. The zero-order chi connectivity index (χ0) is 11.4. The molecule has 15 heavy (non-hydrogen) atoms. The van der Waals surface area contributed by atoms with Gasteiger partial charge in [0, 0.05) is 21.8 Å². The highest BCUT2D eigenvalue weighted by Gasteiger charge is 2.13. The van der Waals surface area contributed by atoms with Crippen LogP contribution in [0.4, 0.5) is 0 Å². The van der Waals surface area contributed by atoms with Gasteiger partial charge in [0.2, 0.25) is 0 Å². The van der Waals surface area contributed by atoms with E-state index in [0.717, 1.165) is 16.5 Å². The van der Waals surface area contributed by atoms with Crippen LogP contribution in [0.1, 0.15) is 25.8 Å². The molecule has 3 heteroatoms. The molecule has 0 radical (unpaired) electrons. The van der Waals surface area contributed by atoms with E-state index < -0.39 is 0 Å². The van der Waals surface area contributed by atoms with Gasteiger partial charge in [-0.15, -0.1) is 0 Å². The molecule has 1 nitrogen and oxygen atoms in total. The van der Waals surface area contributed by atoms with Crippen LogP contribution in [-0.2, 0) is 11.2 Å². The molecule has 0 amide bonds. The standard InChI is InChI=1S/C12H14BrClO/c1-3-8(2)12(15)6-9-4-5-10(13)7-11(9)14/h4-5,7-8H,3,6H2,1-2H3. The molecule has 0 aliphatic carbocycles. The number of halogens is 2. The molecule has 0 N–H and O–H groups in total. The predicted molar refractivity (Wildman–Crippen MR) is 67.3 cm³/mol. The Morgan fingerprint density at radius 1 is 1.53 bits per heavy atom. The first-order chi connectivity index (χ1) is 7.04. The Bertz CT molecular complexity index is 363. The molecule has 1 rings (SSSR count). The van der Waals surface area contributed by atoms with Gasteiger partial charge in [-0.1, -0.05) is 47.4 Å². The minimum absolute atomic E-state index is 0.115. The number of carbonyl (C=O) groups excluding carboxylic acids is 1. The molecule has 0 aliphatic rings. The van der Waals surface area contributed by atoms with Crippen molar-refractivity contribution in [2.24, 2.45) is 5.92 Å². The van der Waals surface area contributed by atoms with Gasteiger partial charge in [-0.25, -0.2) is 0 Å². The summed E-state index contributed by atoms with van der Waals surface area (Å²) >= 11 is 9.37. The zero-order valence-corrected chi connectivity index (χ0v) is 11.2. The van der Waals surface area contributed by atoms with Crippen LogP contribution in [-0.4, -0.2) is 5.78 Å². The first-order valence-corrected chi connectivity index (χ1v) is 6.18. The molecule has 1 aromatic carbocycles. The highest BCUT2D eigenvalue weighted by Crippen LogP contribution is 2.22. The normalized spacial score (nSPS) is 12.5. The molecule has 0 saturated carbocycles. The third kappa shape index (κ3) is 3.62. The van der Waals surface area contributed by atoms with E-state index in [2.05, 4.69) is 15.9 Å². The molecule has 0 fully saturated rings. The Kier molecular flexibility index (Phi) is 4.81. The fourth-order valence-corrected chi connectivity index (χ4v) is 1.99. The number of benzene rings is 1. The van der Waals surface area contributed by atoms with Gasteiger partial charge < -0.3 is 0 Å². The van der Waals surface area contributed by atoms with Crippen LogP contribution in [0, 0.1) is 5.92 Å². The maximum Gasteiger partial charge on any atom is 0.140 e. The maximum atomic E-state index is 11.7. The van der Waals surface area contributed by atoms with Crippen molar-refractivity contribution in [2.75, 3.05) is 0 Å². The summed E-state index contributed by atoms with van der Waals surface area (Å²) in [4.78, 5) is 11.7. The van der Waals surface area contributed by atoms with Crippen molar-refractivity contribution < 1.29 is 4.79 Å². The van der Waals surface area contributed by atoms with Crippen LogP contribution in [0.3, 0.4) is 0 Å². The summed E-state index contributed by atoms with van der Waals surface area (Å²) in [6.45, 7) is 3.97.